The largest absolute Gasteiger partial charge is 0.321 e. The van der Waals surface area contributed by atoms with Gasteiger partial charge in [0, 0.05) is 24.0 Å². The van der Waals surface area contributed by atoms with Crippen LogP contribution in [0.4, 0.5) is 11.4 Å². The molecule has 9 heteroatoms. The van der Waals surface area contributed by atoms with Crippen molar-refractivity contribution in [2.75, 3.05) is 5.32 Å². The maximum atomic E-state index is 12.6. The Morgan fingerprint density at radius 2 is 1.52 bits per heavy atom. The third kappa shape index (κ3) is 3.98. The maximum Gasteiger partial charge on any atom is 0.274 e. The van der Waals surface area contributed by atoms with Crippen LogP contribution in [0.5, 0.6) is 0 Å². The summed E-state index contributed by atoms with van der Waals surface area (Å²) in [7, 11) is -3.83. The molecule has 0 saturated carbocycles. The molecule has 136 valence electrons. The quantitative estimate of drug-likeness (QED) is 0.534. The number of nitrogens with zero attached hydrogens (tertiary/aromatic N) is 2. The molecule has 0 radical (unpaired) electrons. The summed E-state index contributed by atoms with van der Waals surface area (Å²) in [6.07, 6.45) is 1.49. The van der Waals surface area contributed by atoms with Gasteiger partial charge in [-0.05, 0) is 48.5 Å². The lowest BCUT2D eigenvalue weighted by Crippen LogP contribution is -2.13. The molecule has 3 rings (SSSR count). The molecule has 0 aliphatic carbocycles. The SMILES string of the molecule is O=C(Nc1ccc(S(=O)(=O)c2ccc([N+](=O)[O-])cc2)cc1)c1ccccn1. The van der Waals surface area contributed by atoms with Crippen LogP contribution in [0.25, 0.3) is 0 Å². The van der Waals surface area contributed by atoms with Gasteiger partial charge in [-0.15, -0.1) is 0 Å². The number of sulfone groups is 1. The highest BCUT2D eigenvalue weighted by Gasteiger charge is 2.19. The molecular weight excluding hydrogens is 370 g/mol. The average molecular weight is 383 g/mol. The summed E-state index contributed by atoms with van der Waals surface area (Å²) < 4.78 is 25.2. The van der Waals surface area contributed by atoms with Gasteiger partial charge in [-0.25, -0.2) is 8.42 Å². The fourth-order valence-electron chi connectivity index (χ4n) is 2.29. The summed E-state index contributed by atoms with van der Waals surface area (Å²) in [6, 6.07) is 15.2. The molecule has 8 nitrogen and oxygen atoms in total. The molecule has 2 aromatic carbocycles. The van der Waals surface area contributed by atoms with E-state index in [0.29, 0.717) is 5.69 Å². The molecule has 3 aromatic rings. The van der Waals surface area contributed by atoms with Gasteiger partial charge in [0.25, 0.3) is 11.6 Å². The van der Waals surface area contributed by atoms with Crippen LogP contribution in [-0.4, -0.2) is 24.2 Å². The number of hydrogen-bond donors (Lipinski definition) is 1. The van der Waals surface area contributed by atoms with Gasteiger partial charge in [-0.2, -0.15) is 0 Å². The van der Waals surface area contributed by atoms with Crippen LogP contribution in [-0.2, 0) is 9.84 Å². The van der Waals surface area contributed by atoms with Crippen LogP contribution in [0.15, 0.2) is 82.7 Å². The monoisotopic (exact) mass is 383 g/mol. The first-order valence-electron chi connectivity index (χ1n) is 7.70. The molecule has 0 aliphatic heterocycles. The van der Waals surface area contributed by atoms with Crippen LogP contribution in [0.3, 0.4) is 0 Å². The Balaban J connectivity index is 1.79. The number of carbonyl (C=O) groups excluding carboxylic acids is 1. The second-order valence-electron chi connectivity index (χ2n) is 5.45. The van der Waals surface area contributed by atoms with Crippen molar-refractivity contribution < 1.29 is 18.1 Å². The van der Waals surface area contributed by atoms with Crippen molar-refractivity contribution in [3.8, 4) is 0 Å². The summed E-state index contributed by atoms with van der Waals surface area (Å²) in [6.45, 7) is 0. The molecule has 0 fully saturated rings. The van der Waals surface area contributed by atoms with Crippen molar-refractivity contribution >= 4 is 27.1 Å². The third-order valence-corrected chi connectivity index (χ3v) is 5.46. The molecule has 0 bridgehead atoms. The number of amides is 1. The number of rotatable bonds is 5. The predicted octanol–water partition coefficient (Wildman–Crippen LogP) is 3.07. The number of aromatic nitrogens is 1. The van der Waals surface area contributed by atoms with Crippen molar-refractivity contribution in [3.05, 3.63) is 88.7 Å². The van der Waals surface area contributed by atoms with E-state index in [1.54, 1.807) is 18.2 Å². The Bertz CT molecular complexity index is 1080. The number of nitrogens with one attached hydrogen (secondary N) is 1. The van der Waals surface area contributed by atoms with E-state index in [9.17, 15) is 23.3 Å². The van der Waals surface area contributed by atoms with Gasteiger partial charge in [0.2, 0.25) is 9.84 Å². The first kappa shape index (κ1) is 18.2. The number of pyridine rings is 1. The maximum absolute atomic E-state index is 12.6. The van der Waals surface area contributed by atoms with Crippen LogP contribution in [0.2, 0.25) is 0 Å². The highest BCUT2D eigenvalue weighted by atomic mass is 32.2. The molecule has 0 atom stereocenters. The molecule has 27 heavy (non-hydrogen) atoms. The lowest BCUT2D eigenvalue weighted by atomic mass is 10.3. The third-order valence-electron chi connectivity index (χ3n) is 3.68. The summed E-state index contributed by atoms with van der Waals surface area (Å²) >= 11 is 0. The van der Waals surface area contributed by atoms with E-state index in [2.05, 4.69) is 10.3 Å². The van der Waals surface area contributed by atoms with Crippen LogP contribution in [0.1, 0.15) is 10.5 Å². The zero-order valence-electron chi connectivity index (χ0n) is 13.8. The molecule has 1 N–H and O–H groups in total. The highest BCUT2D eigenvalue weighted by Crippen LogP contribution is 2.24. The van der Waals surface area contributed by atoms with Crippen molar-refractivity contribution in [1.82, 2.24) is 4.98 Å². The van der Waals surface area contributed by atoms with Crippen LogP contribution < -0.4 is 5.32 Å². The number of anilines is 1. The number of benzene rings is 2. The fourth-order valence-corrected chi connectivity index (χ4v) is 3.55. The molecule has 0 unspecified atom stereocenters. The molecule has 0 saturated heterocycles. The summed E-state index contributed by atoms with van der Waals surface area (Å²) in [5.41, 5.74) is 0.454. The van der Waals surface area contributed by atoms with E-state index in [1.807, 2.05) is 0 Å². The lowest BCUT2D eigenvalue weighted by Gasteiger charge is -2.07. The molecular formula is C18H13N3O5S. The van der Waals surface area contributed by atoms with Gasteiger partial charge >= 0.3 is 0 Å². The molecule has 1 aromatic heterocycles. The van der Waals surface area contributed by atoms with Crippen molar-refractivity contribution in [3.63, 3.8) is 0 Å². The topological polar surface area (TPSA) is 119 Å². The zero-order valence-corrected chi connectivity index (χ0v) is 14.6. The minimum Gasteiger partial charge on any atom is -0.321 e. The van der Waals surface area contributed by atoms with Gasteiger partial charge < -0.3 is 5.32 Å². The number of carbonyl (C=O) groups is 1. The van der Waals surface area contributed by atoms with E-state index in [0.717, 1.165) is 12.1 Å². The average Bonchev–Trinajstić information content (AvgIpc) is 2.69. The van der Waals surface area contributed by atoms with Gasteiger partial charge in [0.15, 0.2) is 0 Å². The Hall–Kier alpha value is -3.59. The summed E-state index contributed by atoms with van der Waals surface area (Å²) in [4.78, 5) is 26.0. The van der Waals surface area contributed by atoms with Crippen LogP contribution in [0, 0.1) is 10.1 Å². The number of hydrogen-bond acceptors (Lipinski definition) is 6. The number of non-ortho nitro benzene ring substituents is 1. The van der Waals surface area contributed by atoms with Crippen molar-refractivity contribution in [2.45, 2.75) is 9.79 Å². The Kier molecular flexibility index (Phi) is 4.95. The second-order valence-corrected chi connectivity index (χ2v) is 7.40. The summed E-state index contributed by atoms with van der Waals surface area (Å²) in [5, 5.41) is 13.3. The van der Waals surface area contributed by atoms with Gasteiger partial charge in [-0.1, -0.05) is 6.07 Å². The Morgan fingerprint density at radius 1 is 0.926 bits per heavy atom. The van der Waals surface area contributed by atoms with Crippen molar-refractivity contribution in [2.24, 2.45) is 0 Å². The number of nitro groups is 1. The zero-order chi connectivity index (χ0) is 19.4. The fraction of sp³-hybridized carbons (Fsp3) is 0. The van der Waals surface area contributed by atoms with E-state index in [1.165, 1.54) is 42.6 Å². The first-order valence-corrected chi connectivity index (χ1v) is 9.18. The van der Waals surface area contributed by atoms with E-state index in [-0.39, 0.29) is 21.2 Å². The lowest BCUT2D eigenvalue weighted by molar-refractivity contribution is -0.384. The molecule has 1 heterocycles. The second kappa shape index (κ2) is 7.34. The first-order chi connectivity index (χ1) is 12.9. The van der Waals surface area contributed by atoms with E-state index in [4.69, 9.17) is 0 Å². The predicted molar refractivity (Wildman–Crippen MR) is 97.2 cm³/mol. The molecule has 0 spiro atoms. The minimum atomic E-state index is -3.83. The van der Waals surface area contributed by atoms with E-state index < -0.39 is 20.7 Å². The Labute approximate surface area is 154 Å². The van der Waals surface area contributed by atoms with Gasteiger partial charge in [0.1, 0.15) is 5.69 Å². The minimum absolute atomic E-state index is 0.00666. The smallest absolute Gasteiger partial charge is 0.274 e. The number of nitro benzene ring substituents is 1. The van der Waals surface area contributed by atoms with Gasteiger partial charge in [-0.3, -0.25) is 19.9 Å². The summed E-state index contributed by atoms with van der Waals surface area (Å²) in [5.74, 6) is -0.415. The van der Waals surface area contributed by atoms with Crippen molar-refractivity contribution in [1.29, 1.82) is 0 Å². The normalized spacial score (nSPS) is 11.0. The van der Waals surface area contributed by atoms with Gasteiger partial charge in [0.05, 0.1) is 14.7 Å². The molecule has 0 aliphatic rings. The highest BCUT2D eigenvalue weighted by molar-refractivity contribution is 7.91. The molecule has 1 amide bonds. The standard InChI is InChI=1S/C18H13N3O5S/c22-18(17-3-1-2-12-19-17)20-13-4-8-15(9-5-13)27(25,26)16-10-6-14(7-11-16)21(23)24/h1-12H,(H,20,22). The Morgan fingerprint density at radius 3 is 2.04 bits per heavy atom. The van der Waals surface area contributed by atoms with Crippen LogP contribution >= 0.6 is 0 Å². The van der Waals surface area contributed by atoms with E-state index >= 15 is 0 Å².